The van der Waals surface area contributed by atoms with Crippen molar-refractivity contribution in [1.82, 2.24) is 0 Å². The van der Waals surface area contributed by atoms with Gasteiger partial charge in [-0.25, -0.2) is 0 Å². The first-order valence-corrected chi connectivity index (χ1v) is 4.64. The van der Waals surface area contributed by atoms with Crippen molar-refractivity contribution in [2.24, 2.45) is 0 Å². The lowest BCUT2D eigenvalue weighted by molar-refractivity contribution is -0.116. The van der Waals surface area contributed by atoms with Gasteiger partial charge in [0.15, 0.2) is 0 Å². The van der Waals surface area contributed by atoms with Crippen LogP contribution in [0.4, 0.5) is 5.69 Å². The Morgan fingerprint density at radius 1 is 1.54 bits per heavy atom. The van der Waals surface area contributed by atoms with E-state index in [1.165, 1.54) is 0 Å². The molecule has 0 spiro atoms. The highest BCUT2D eigenvalue weighted by Crippen LogP contribution is 2.33. The fourth-order valence-corrected chi connectivity index (χ4v) is 1.82. The average molecular weight is 196 g/mol. The quantitative estimate of drug-likeness (QED) is 0.678. The first kappa shape index (κ1) is 8.57. The lowest BCUT2D eigenvalue weighted by Gasteiger charge is -2.22. The van der Waals surface area contributed by atoms with Crippen LogP contribution < -0.4 is 5.32 Å². The van der Waals surface area contributed by atoms with Gasteiger partial charge < -0.3 is 5.32 Å². The molecule has 1 atom stereocenters. The summed E-state index contributed by atoms with van der Waals surface area (Å²) in [5, 5.41) is 3.54. The van der Waals surface area contributed by atoms with Crippen molar-refractivity contribution < 1.29 is 4.79 Å². The van der Waals surface area contributed by atoms with Crippen LogP contribution in [0.3, 0.4) is 0 Å². The number of anilines is 1. The Bertz CT molecular complexity index is 362. The maximum atomic E-state index is 11.2. The number of nitrogens with one attached hydrogen (secondary N) is 1. The molecule has 1 amide bonds. The second-order valence-corrected chi connectivity index (χ2v) is 3.82. The van der Waals surface area contributed by atoms with Crippen LogP contribution in [0.2, 0.25) is 5.02 Å². The van der Waals surface area contributed by atoms with E-state index in [2.05, 4.69) is 5.32 Å². The lowest BCUT2D eigenvalue weighted by Crippen LogP contribution is -2.21. The van der Waals surface area contributed by atoms with Gasteiger partial charge in [-0.2, -0.15) is 0 Å². The summed E-state index contributed by atoms with van der Waals surface area (Å²) in [6.45, 7) is 2.04. The van der Waals surface area contributed by atoms with E-state index in [4.69, 9.17) is 11.6 Å². The van der Waals surface area contributed by atoms with Gasteiger partial charge in [-0.15, -0.1) is 0 Å². The van der Waals surface area contributed by atoms with Gasteiger partial charge in [0, 0.05) is 17.1 Å². The molecule has 0 unspecified atom stereocenters. The van der Waals surface area contributed by atoms with E-state index in [9.17, 15) is 4.79 Å². The summed E-state index contributed by atoms with van der Waals surface area (Å²) in [6, 6.07) is 5.56. The molecule has 2 nitrogen and oxygen atoms in total. The Balaban J connectivity index is 2.49. The predicted molar refractivity (Wildman–Crippen MR) is 53.1 cm³/mol. The second-order valence-electron chi connectivity index (χ2n) is 3.38. The van der Waals surface area contributed by atoms with Crippen molar-refractivity contribution in [1.29, 1.82) is 0 Å². The minimum Gasteiger partial charge on any atom is -0.326 e. The normalized spacial score (nSPS) is 20.8. The first-order chi connectivity index (χ1) is 6.16. The number of amides is 1. The molecule has 0 radical (unpaired) electrons. The fraction of sp³-hybridized carbons (Fsp3) is 0.300. The molecule has 1 heterocycles. The molecule has 13 heavy (non-hydrogen) atoms. The van der Waals surface area contributed by atoms with Crippen molar-refractivity contribution in [3.63, 3.8) is 0 Å². The lowest BCUT2D eigenvalue weighted by atomic mass is 9.92. The smallest absolute Gasteiger partial charge is 0.224 e. The van der Waals surface area contributed by atoms with Crippen molar-refractivity contribution in [2.45, 2.75) is 19.3 Å². The molecule has 0 fully saturated rings. The molecule has 1 N–H and O–H groups in total. The number of fused-ring (bicyclic) bond motifs is 1. The summed E-state index contributed by atoms with van der Waals surface area (Å²) in [4.78, 5) is 11.2. The first-order valence-electron chi connectivity index (χ1n) is 4.26. The van der Waals surface area contributed by atoms with Crippen LogP contribution in [0.15, 0.2) is 18.2 Å². The van der Waals surface area contributed by atoms with Gasteiger partial charge >= 0.3 is 0 Å². The maximum Gasteiger partial charge on any atom is 0.224 e. The van der Waals surface area contributed by atoms with E-state index in [0.717, 1.165) is 16.3 Å². The van der Waals surface area contributed by atoms with Crippen LogP contribution in [-0.4, -0.2) is 5.91 Å². The van der Waals surface area contributed by atoms with Crippen molar-refractivity contribution in [3.05, 3.63) is 28.8 Å². The molecule has 2 rings (SSSR count). The van der Waals surface area contributed by atoms with Gasteiger partial charge in [-0.1, -0.05) is 18.5 Å². The fourth-order valence-electron chi connectivity index (χ4n) is 1.64. The van der Waals surface area contributed by atoms with Crippen molar-refractivity contribution in [2.75, 3.05) is 5.32 Å². The number of carbonyl (C=O) groups excluding carboxylic acids is 1. The summed E-state index contributed by atoms with van der Waals surface area (Å²) in [7, 11) is 0. The Labute approximate surface area is 81.9 Å². The van der Waals surface area contributed by atoms with Gasteiger partial charge in [-0.3, -0.25) is 4.79 Å². The molecule has 1 aromatic carbocycles. The van der Waals surface area contributed by atoms with Gasteiger partial charge in [0.1, 0.15) is 0 Å². The number of carbonyl (C=O) groups is 1. The summed E-state index contributed by atoms with van der Waals surface area (Å²) in [5.74, 6) is 0.352. The molecule has 0 aliphatic carbocycles. The topological polar surface area (TPSA) is 29.1 Å². The molecule has 0 aromatic heterocycles. The third-order valence-corrected chi connectivity index (χ3v) is 2.55. The molecule has 0 saturated carbocycles. The number of hydrogen-bond acceptors (Lipinski definition) is 1. The monoisotopic (exact) mass is 195 g/mol. The van der Waals surface area contributed by atoms with E-state index in [0.29, 0.717) is 6.42 Å². The third-order valence-electron chi connectivity index (χ3n) is 2.31. The van der Waals surface area contributed by atoms with E-state index < -0.39 is 0 Å². The summed E-state index contributed by atoms with van der Waals surface area (Å²) in [5.41, 5.74) is 2.03. The molecule has 0 saturated heterocycles. The highest BCUT2D eigenvalue weighted by atomic mass is 35.5. The van der Waals surface area contributed by atoms with Gasteiger partial charge in [0.05, 0.1) is 0 Å². The average Bonchev–Trinajstić information content (AvgIpc) is 2.06. The molecular formula is C10H10ClNO. The molecular weight excluding hydrogens is 186 g/mol. The zero-order chi connectivity index (χ0) is 9.42. The maximum absolute atomic E-state index is 11.2. The molecule has 3 heteroatoms. The summed E-state index contributed by atoms with van der Waals surface area (Å²) >= 11 is 5.87. The second kappa shape index (κ2) is 3.04. The Kier molecular flexibility index (Phi) is 2.00. The highest BCUT2D eigenvalue weighted by Gasteiger charge is 2.21. The molecule has 1 aliphatic rings. The number of benzene rings is 1. The van der Waals surface area contributed by atoms with E-state index in [-0.39, 0.29) is 11.8 Å². The minimum absolute atomic E-state index is 0.0855. The Morgan fingerprint density at radius 2 is 2.31 bits per heavy atom. The predicted octanol–water partition coefficient (Wildman–Crippen LogP) is 2.79. The van der Waals surface area contributed by atoms with Gasteiger partial charge in [-0.05, 0) is 29.7 Å². The Hall–Kier alpha value is -1.02. The van der Waals surface area contributed by atoms with Crippen LogP contribution in [0.25, 0.3) is 0 Å². The number of hydrogen-bond donors (Lipinski definition) is 1. The van der Waals surface area contributed by atoms with Crippen LogP contribution in [0.1, 0.15) is 24.8 Å². The molecule has 68 valence electrons. The van der Waals surface area contributed by atoms with E-state index in [1.807, 2.05) is 19.1 Å². The molecule has 1 aliphatic heterocycles. The molecule has 0 bridgehead atoms. The SMILES string of the molecule is C[C@H]1CC(=O)Nc2ccc(Cl)cc21. The standard InChI is InChI=1S/C10H10ClNO/c1-6-4-10(13)12-9-3-2-7(11)5-8(6)9/h2-3,5-6H,4H2,1H3,(H,12,13)/t6-/m0/s1. The van der Waals surface area contributed by atoms with Gasteiger partial charge in [0.2, 0.25) is 5.91 Å². The van der Waals surface area contributed by atoms with Crippen molar-refractivity contribution in [3.8, 4) is 0 Å². The van der Waals surface area contributed by atoms with Gasteiger partial charge in [0.25, 0.3) is 0 Å². The van der Waals surface area contributed by atoms with E-state index >= 15 is 0 Å². The van der Waals surface area contributed by atoms with Crippen LogP contribution in [-0.2, 0) is 4.79 Å². The van der Waals surface area contributed by atoms with Crippen LogP contribution >= 0.6 is 11.6 Å². The number of halogens is 1. The molecule has 1 aromatic rings. The van der Waals surface area contributed by atoms with E-state index in [1.54, 1.807) is 6.07 Å². The summed E-state index contributed by atoms with van der Waals surface area (Å²) < 4.78 is 0. The Morgan fingerprint density at radius 3 is 3.08 bits per heavy atom. The zero-order valence-corrected chi connectivity index (χ0v) is 8.06. The minimum atomic E-state index is 0.0855. The van der Waals surface area contributed by atoms with Crippen LogP contribution in [0, 0.1) is 0 Å². The van der Waals surface area contributed by atoms with Crippen molar-refractivity contribution >= 4 is 23.2 Å². The largest absolute Gasteiger partial charge is 0.326 e. The summed E-state index contributed by atoms with van der Waals surface area (Å²) in [6.07, 6.45) is 0.549. The third kappa shape index (κ3) is 1.54. The number of rotatable bonds is 0. The van der Waals surface area contributed by atoms with Crippen LogP contribution in [0.5, 0.6) is 0 Å². The highest BCUT2D eigenvalue weighted by molar-refractivity contribution is 6.30. The zero-order valence-electron chi connectivity index (χ0n) is 7.30.